The largest absolute Gasteiger partial charge is 0.386 e. The molecule has 0 aliphatic carbocycles. The van der Waals surface area contributed by atoms with E-state index in [0.717, 1.165) is 12.1 Å². The quantitative estimate of drug-likeness (QED) is 0.472. The van der Waals surface area contributed by atoms with Gasteiger partial charge in [-0.15, -0.1) is 0 Å². The van der Waals surface area contributed by atoms with Crippen LogP contribution in [0.1, 0.15) is 17.3 Å². The van der Waals surface area contributed by atoms with E-state index in [1.807, 2.05) is 6.92 Å². The maximum Gasteiger partial charge on any atom is 0.285 e. The van der Waals surface area contributed by atoms with E-state index in [9.17, 15) is 19.3 Å². The third kappa shape index (κ3) is 4.12. The molecule has 7 nitrogen and oxygen atoms in total. The number of anilines is 1. The van der Waals surface area contributed by atoms with E-state index in [-0.39, 0.29) is 17.8 Å². The second-order valence-electron chi connectivity index (χ2n) is 4.28. The lowest BCUT2D eigenvalue weighted by molar-refractivity contribution is -0.385. The SMILES string of the molecule is CCOCCN(C)C(=O)c1cc(NC)c(F)cc1[N+](=O)[O-]. The van der Waals surface area contributed by atoms with Crippen LogP contribution in [0.3, 0.4) is 0 Å². The zero-order valence-electron chi connectivity index (χ0n) is 12.2. The van der Waals surface area contributed by atoms with Gasteiger partial charge in [0.2, 0.25) is 0 Å². The number of likely N-dealkylation sites (N-methyl/N-ethyl adjacent to an activating group) is 1. The number of nitro groups is 1. The Morgan fingerprint density at radius 3 is 2.71 bits per heavy atom. The molecule has 1 aromatic carbocycles. The molecule has 0 fully saturated rings. The number of rotatable bonds is 7. The minimum atomic E-state index is -0.780. The molecule has 0 bridgehead atoms. The van der Waals surface area contributed by atoms with Crippen LogP contribution in [0.15, 0.2) is 12.1 Å². The van der Waals surface area contributed by atoms with E-state index in [4.69, 9.17) is 4.74 Å². The van der Waals surface area contributed by atoms with Crippen molar-refractivity contribution in [2.75, 3.05) is 39.2 Å². The average molecular weight is 299 g/mol. The second-order valence-corrected chi connectivity index (χ2v) is 4.28. The van der Waals surface area contributed by atoms with Gasteiger partial charge in [0.15, 0.2) is 5.82 Å². The standard InChI is InChI=1S/C13H18FN3O4/c1-4-21-6-5-16(3)13(18)9-7-11(15-2)10(14)8-12(9)17(19)20/h7-8,15H,4-6H2,1-3H3. The first-order chi connectivity index (χ1) is 9.92. The van der Waals surface area contributed by atoms with Crippen molar-refractivity contribution in [1.29, 1.82) is 0 Å². The number of nitrogens with one attached hydrogen (secondary N) is 1. The summed E-state index contributed by atoms with van der Waals surface area (Å²) in [7, 11) is 2.98. The zero-order chi connectivity index (χ0) is 16.0. The van der Waals surface area contributed by atoms with Gasteiger partial charge in [0, 0.05) is 27.2 Å². The van der Waals surface area contributed by atoms with Crippen molar-refractivity contribution in [3.63, 3.8) is 0 Å². The van der Waals surface area contributed by atoms with Crippen molar-refractivity contribution in [2.24, 2.45) is 0 Å². The highest BCUT2D eigenvalue weighted by atomic mass is 19.1. The molecular formula is C13H18FN3O4. The number of carbonyl (C=O) groups is 1. The first kappa shape index (κ1) is 16.8. The van der Waals surface area contributed by atoms with Crippen molar-refractivity contribution in [2.45, 2.75) is 6.92 Å². The van der Waals surface area contributed by atoms with Gasteiger partial charge in [-0.3, -0.25) is 14.9 Å². The van der Waals surface area contributed by atoms with E-state index >= 15 is 0 Å². The van der Waals surface area contributed by atoms with Crippen molar-refractivity contribution >= 4 is 17.3 Å². The first-order valence-electron chi connectivity index (χ1n) is 6.41. The summed E-state index contributed by atoms with van der Waals surface area (Å²) >= 11 is 0. The number of nitro benzene ring substituents is 1. The smallest absolute Gasteiger partial charge is 0.285 e. The molecule has 8 heteroatoms. The summed E-state index contributed by atoms with van der Waals surface area (Å²) in [5, 5.41) is 13.5. The Labute approximate surface area is 121 Å². The summed E-state index contributed by atoms with van der Waals surface area (Å²) in [6.07, 6.45) is 0. The number of nitrogens with zero attached hydrogens (tertiary/aromatic N) is 2. The number of hydrogen-bond donors (Lipinski definition) is 1. The van der Waals surface area contributed by atoms with E-state index in [1.165, 1.54) is 19.0 Å². The molecule has 0 heterocycles. The molecule has 0 radical (unpaired) electrons. The molecule has 21 heavy (non-hydrogen) atoms. The summed E-state index contributed by atoms with van der Waals surface area (Å²) in [6, 6.07) is 1.89. The molecule has 116 valence electrons. The predicted octanol–water partition coefficient (Wildman–Crippen LogP) is 1.88. The molecule has 0 aromatic heterocycles. The Bertz CT molecular complexity index is 536. The highest BCUT2D eigenvalue weighted by molar-refractivity contribution is 5.99. The Hall–Kier alpha value is -2.22. The molecule has 0 aliphatic heterocycles. The lowest BCUT2D eigenvalue weighted by Crippen LogP contribution is -2.30. The predicted molar refractivity (Wildman–Crippen MR) is 76.1 cm³/mol. The number of amides is 1. The fourth-order valence-electron chi connectivity index (χ4n) is 1.73. The Morgan fingerprint density at radius 2 is 2.19 bits per heavy atom. The van der Waals surface area contributed by atoms with Gasteiger partial charge in [-0.25, -0.2) is 4.39 Å². The molecule has 0 saturated carbocycles. The summed E-state index contributed by atoms with van der Waals surface area (Å²) in [5.41, 5.74) is -0.688. The van der Waals surface area contributed by atoms with Crippen LogP contribution in [0, 0.1) is 15.9 Å². The van der Waals surface area contributed by atoms with Crippen LogP contribution in [0.2, 0.25) is 0 Å². The Balaban J connectivity index is 3.09. The molecule has 0 spiro atoms. The lowest BCUT2D eigenvalue weighted by Gasteiger charge is -2.17. The molecule has 0 saturated heterocycles. The van der Waals surface area contributed by atoms with Crippen LogP contribution in [-0.2, 0) is 4.74 Å². The molecule has 0 atom stereocenters. The molecule has 1 amide bonds. The van der Waals surface area contributed by atoms with Gasteiger partial charge >= 0.3 is 0 Å². The minimum Gasteiger partial charge on any atom is -0.386 e. The normalized spacial score (nSPS) is 10.3. The van der Waals surface area contributed by atoms with Crippen LogP contribution >= 0.6 is 0 Å². The van der Waals surface area contributed by atoms with Gasteiger partial charge in [-0.05, 0) is 13.0 Å². The van der Waals surface area contributed by atoms with Crippen molar-refractivity contribution in [3.8, 4) is 0 Å². The number of ether oxygens (including phenoxy) is 1. The Morgan fingerprint density at radius 1 is 1.52 bits per heavy atom. The Kier molecular flexibility index (Phi) is 6.04. The zero-order valence-corrected chi connectivity index (χ0v) is 12.2. The van der Waals surface area contributed by atoms with Crippen molar-refractivity contribution < 1.29 is 18.8 Å². The number of hydrogen-bond acceptors (Lipinski definition) is 5. The fraction of sp³-hybridized carbons (Fsp3) is 0.462. The number of halogens is 1. The summed E-state index contributed by atoms with van der Waals surface area (Å²) in [4.78, 5) is 23.8. The van der Waals surface area contributed by atoms with Gasteiger partial charge < -0.3 is 15.0 Å². The highest BCUT2D eigenvalue weighted by Gasteiger charge is 2.25. The molecule has 1 N–H and O–H groups in total. The summed E-state index contributed by atoms with van der Waals surface area (Å²) < 4.78 is 18.7. The van der Waals surface area contributed by atoms with E-state index in [1.54, 1.807) is 0 Å². The van der Waals surface area contributed by atoms with Crippen LogP contribution in [0.25, 0.3) is 0 Å². The molecule has 1 aromatic rings. The third-order valence-electron chi connectivity index (χ3n) is 2.90. The van der Waals surface area contributed by atoms with Crippen molar-refractivity contribution in [3.05, 3.63) is 33.6 Å². The minimum absolute atomic E-state index is 0.0298. The molecule has 0 aliphatic rings. The number of carbonyl (C=O) groups excluding carboxylic acids is 1. The van der Waals surface area contributed by atoms with E-state index in [2.05, 4.69) is 5.32 Å². The monoisotopic (exact) mass is 299 g/mol. The lowest BCUT2D eigenvalue weighted by atomic mass is 10.1. The first-order valence-corrected chi connectivity index (χ1v) is 6.41. The summed E-state index contributed by atoms with van der Waals surface area (Å²) in [6.45, 7) is 2.96. The molecule has 1 rings (SSSR count). The average Bonchev–Trinajstić information content (AvgIpc) is 2.46. The maximum atomic E-state index is 13.6. The maximum absolute atomic E-state index is 13.6. The highest BCUT2D eigenvalue weighted by Crippen LogP contribution is 2.26. The molecule has 0 unspecified atom stereocenters. The van der Waals surface area contributed by atoms with Crippen LogP contribution in [0.5, 0.6) is 0 Å². The van der Waals surface area contributed by atoms with Gasteiger partial charge in [0.1, 0.15) is 5.56 Å². The number of benzene rings is 1. The van der Waals surface area contributed by atoms with Crippen LogP contribution < -0.4 is 5.32 Å². The van der Waals surface area contributed by atoms with Gasteiger partial charge in [-0.2, -0.15) is 0 Å². The second kappa shape index (κ2) is 7.53. The van der Waals surface area contributed by atoms with Gasteiger partial charge in [-0.1, -0.05) is 0 Å². The van der Waals surface area contributed by atoms with E-state index in [0.29, 0.717) is 13.2 Å². The van der Waals surface area contributed by atoms with Gasteiger partial charge in [0.05, 0.1) is 23.3 Å². The van der Waals surface area contributed by atoms with Gasteiger partial charge in [0.25, 0.3) is 11.6 Å². The topological polar surface area (TPSA) is 84.7 Å². The fourth-order valence-corrected chi connectivity index (χ4v) is 1.73. The third-order valence-corrected chi connectivity index (χ3v) is 2.90. The molecular weight excluding hydrogens is 281 g/mol. The van der Waals surface area contributed by atoms with E-state index < -0.39 is 22.3 Å². The van der Waals surface area contributed by atoms with Crippen molar-refractivity contribution in [1.82, 2.24) is 4.90 Å². The van der Waals surface area contributed by atoms with Crippen LogP contribution in [0.4, 0.5) is 15.8 Å². The summed E-state index contributed by atoms with van der Waals surface area (Å²) in [5.74, 6) is -1.34. The van der Waals surface area contributed by atoms with Crippen LogP contribution in [-0.4, -0.2) is 49.6 Å².